The Balaban J connectivity index is 2.96. The van der Waals surface area contributed by atoms with Gasteiger partial charge in [-0.25, -0.2) is 14.2 Å². The molecule has 0 N–H and O–H groups in total. The van der Waals surface area contributed by atoms with E-state index in [-0.39, 0.29) is 5.56 Å². The van der Waals surface area contributed by atoms with Crippen LogP contribution >= 0.6 is 15.9 Å². The molecule has 1 aromatic rings. The van der Waals surface area contributed by atoms with E-state index in [1.54, 1.807) is 20.8 Å². The third kappa shape index (κ3) is 3.58. The zero-order valence-corrected chi connectivity index (χ0v) is 10.3. The van der Waals surface area contributed by atoms with Crippen molar-refractivity contribution in [2.24, 2.45) is 0 Å². The van der Waals surface area contributed by atoms with Gasteiger partial charge in [0.05, 0.1) is 11.8 Å². The van der Waals surface area contributed by atoms with Crippen molar-refractivity contribution in [3.63, 3.8) is 0 Å². The number of hydrogen-bond acceptors (Lipinski definition) is 3. The maximum Gasteiger partial charge on any atom is 0.341 e. The molecule has 0 unspecified atom stereocenters. The summed E-state index contributed by atoms with van der Waals surface area (Å²) in [6, 6.07) is 1.30. The van der Waals surface area contributed by atoms with Crippen LogP contribution in [-0.2, 0) is 4.74 Å². The van der Waals surface area contributed by atoms with Gasteiger partial charge in [-0.3, -0.25) is 0 Å². The number of esters is 1. The Morgan fingerprint density at radius 2 is 2.13 bits per heavy atom. The molecule has 0 saturated carbocycles. The molecule has 1 aromatic heterocycles. The van der Waals surface area contributed by atoms with Gasteiger partial charge in [0.1, 0.15) is 10.2 Å². The van der Waals surface area contributed by atoms with Crippen LogP contribution in [0.2, 0.25) is 0 Å². The lowest BCUT2D eigenvalue weighted by Gasteiger charge is -2.19. The van der Waals surface area contributed by atoms with E-state index in [0.29, 0.717) is 4.60 Å². The SMILES string of the molecule is CC(C)(C)OC(=O)c1cc(Br)ncc1F. The molecule has 1 rings (SSSR count). The van der Waals surface area contributed by atoms with Gasteiger partial charge < -0.3 is 4.74 Å². The number of nitrogens with zero attached hydrogens (tertiary/aromatic N) is 1. The molecule has 0 radical (unpaired) electrons. The quantitative estimate of drug-likeness (QED) is 0.584. The number of carbonyl (C=O) groups is 1. The Morgan fingerprint density at radius 1 is 1.53 bits per heavy atom. The summed E-state index contributed by atoms with van der Waals surface area (Å²) in [5.41, 5.74) is -0.758. The number of hydrogen-bond donors (Lipinski definition) is 0. The summed E-state index contributed by atoms with van der Waals surface area (Å²) in [7, 11) is 0. The second-order valence-corrected chi connectivity index (χ2v) is 4.80. The van der Waals surface area contributed by atoms with Gasteiger partial charge in [0.2, 0.25) is 0 Å². The second-order valence-electron chi connectivity index (χ2n) is 3.99. The van der Waals surface area contributed by atoms with Crippen LogP contribution in [0.5, 0.6) is 0 Å². The van der Waals surface area contributed by atoms with Crippen molar-refractivity contribution in [3.05, 3.63) is 28.2 Å². The van der Waals surface area contributed by atoms with Gasteiger partial charge in [-0.15, -0.1) is 0 Å². The molecular formula is C10H11BrFNO2. The van der Waals surface area contributed by atoms with Crippen LogP contribution in [0.15, 0.2) is 16.9 Å². The van der Waals surface area contributed by atoms with E-state index in [1.807, 2.05) is 0 Å². The first-order chi connectivity index (χ1) is 6.79. The van der Waals surface area contributed by atoms with Crippen LogP contribution in [0.3, 0.4) is 0 Å². The standard InChI is InChI=1S/C10H11BrFNO2/c1-10(2,3)15-9(14)6-4-8(11)13-5-7(6)12/h4-5H,1-3H3. The predicted molar refractivity (Wildman–Crippen MR) is 57.1 cm³/mol. The van der Waals surface area contributed by atoms with Crippen molar-refractivity contribution >= 4 is 21.9 Å². The molecule has 15 heavy (non-hydrogen) atoms. The maximum atomic E-state index is 13.2. The number of ether oxygens (including phenoxy) is 1. The highest BCUT2D eigenvalue weighted by Crippen LogP contribution is 2.17. The summed E-state index contributed by atoms with van der Waals surface area (Å²) in [6.07, 6.45) is 0.976. The monoisotopic (exact) mass is 275 g/mol. The van der Waals surface area contributed by atoms with Crippen molar-refractivity contribution in [2.45, 2.75) is 26.4 Å². The molecule has 0 aliphatic rings. The molecule has 82 valence electrons. The third-order valence-electron chi connectivity index (χ3n) is 1.44. The maximum absolute atomic E-state index is 13.2. The largest absolute Gasteiger partial charge is 0.456 e. The van der Waals surface area contributed by atoms with Crippen LogP contribution in [0.1, 0.15) is 31.1 Å². The molecule has 0 spiro atoms. The van der Waals surface area contributed by atoms with Crippen LogP contribution < -0.4 is 0 Å². The number of rotatable bonds is 1. The molecule has 0 saturated heterocycles. The number of halogens is 2. The van der Waals surface area contributed by atoms with Crippen LogP contribution in [0.4, 0.5) is 4.39 Å². The van der Waals surface area contributed by atoms with Gasteiger partial charge in [0.15, 0.2) is 5.82 Å². The van der Waals surface area contributed by atoms with E-state index in [2.05, 4.69) is 20.9 Å². The molecule has 0 bridgehead atoms. The Morgan fingerprint density at radius 3 is 2.67 bits per heavy atom. The number of aromatic nitrogens is 1. The van der Waals surface area contributed by atoms with E-state index in [9.17, 15) is 9.18 Å². The highest BCUT2D eigenvalue weighted by molar-refractivity contribution is 9.10. The Hall–Kier alpha value is -0.970. The molecule has 0 aromatic carbocycles. The zero-order valence-electron chi connectivity index (χ0n) is 8.67. The number of pyridine rings is 1. The fraction of sp³-hybridized carbons (Fsp3) is 0.400. The fourth-order valence-electron chi connectivity index (χ4n) is 0.903. The lowest BCUT2D eigenvalue weighted by atomic mass is 10.2. The summed E-state index contributed by atoms with van der Waals surface area (Å²) >= 11 is 3.06. The molecule has 0 amide bonds. The highest BCUT2D eigenvalue weighted by atomic mass is 79.9. The van der Waals surface area contributed by atoms with Gasteiger partial charge in [-0.2, -0.15) is 0 Å². The second kappa shape index (κ2) is 4.26. The van der Waals surface area contributed by atoms with Crippen LogP contribution in [0.25, 0.3) is 0 Å². The van der Waals surface area contributed by atoms with Crippen molar-refractivity contribution in [1.29, 1.82) is 0 Å². The first-order valence-corrected chi connectivity index (χ1v) is 5.13. The average molecular weight is 276 g/mol. The van der Waals surface area contributed by atoms with Crippen LogP contribution in [-0.4, -0.2) is 16.6 Å². The predicted octanol–water partition coefficient (Wildman–Crippen LogP) is 2.94. The van der Waals surface area contributed by atoms with Gasteiger partial charge in [0, 0.05) is 0 Å². The summed E-state index contributed by atoms with van der Waals surface area (Å²) in [5.74, 6) is -1.38. The van der Waals surface area contributed by atoms with Gasteiger partial charge in [-0.05, 0) is 42.8 Å². The van der Waals surface area contributed by atoms with Crippen molar-refractivity contribution in [2.75, 3.05) is 0 Å². The topological polar surface area (TPSA) is 39.2 Å². The highest BCUT2D eigenvalue weighted by Gasteiger charge is 2.21. The normalized spacial score (nSPS) is 11.3. The molecule has 0 aliphatic heterocycles. The molecule has 3 nitrogen and oxygen atoms in total. The fourth-order valence-corrected chi connectivity index (χ4v) is 1.23. The van der Waals surface area contributed by atoms with Gasteiger partial charge >= 0.3 is 5.97 Å². The third-order valence-corrected chi connectivity index (χ3v) is 1.87. The molecule has 5 heteroatoms. The van der Waals surface area contributed by atoms with Crippen molar-refractivity contribution < 1.29 is 13.9 Å². The summed E-state index contributed by atoms with van der Waals surface area (Å²) < 4.78 is 18.6. The van der Waals surface area contributed by atoms with E-state index >= 15 is 0 Å². The minimum Gasteiger partial charge on any atom is -0.456 e. The minimum absolute atomic E-state index is 0.119. The molecule has 1 heterocycles. The smallest absolute Gasteiger partial charge is 0.341 e. The first-order valence-electron chi connectivity index (χ1n) is 4.34. The average Bonchev–Trinajstić information content (AvgIpc) is 2.06. The molecule has 0 atom stereocenters. The van der Waals surface area contributed by atoms with Crippen LogP contribution in [0, 0.1) is 5.82 Å². The zero-order chi connectivity index (χ0) is 11.6. The van der Waals surface area contributed by atoms with E-state index in [0.717, 1.165) is 6.20 Å². The van der Waals surface area contributed by atoms with Gasteiger partial charge in [0.25, 0.3) is 0 Å². The lowest BCUT2D eigenvalue weighted by Crippen LogP contribution is -2.24. The van der Waals surface area contributed by atoms with E-state index < -0.39 is 17.4 Å². The van der Waals surface area contributed by atoms with Crippen molar-refractivity contribution in [3.8, 4) is 0 Å². The Bertz CT molecular complexity index is 387. The molecule has 0 aliphatic carbocycles. The molecular weight excluding hydrogens is 265 g/mol. The Kier molecular flexibility index (Phi) is 3.44. The number of carbonyl (C=O) groups excluding carboxylic acids is 1. The summed E-state index contributed by atoms with van der Waals surface area (Å²) in [4.78, 5) is 15.2. The minimum atomic E-state index is -0.692. The summed E-state index contributed by atoms with van der Waals surface area (Å²) in [6.45, 7) is 5.16. The van der Waals surface area contributed by atoms with E-state index in [1.165, 1.54) is 6.07 Å². The van der Waals surface area contributed by atoms with Crippen molar-refractivity contribution in [1.82, 2.24) is 4.98 Å². The first kappa shape index (κ1) is 12.1. The Labute approximate surface area is 95.8 Å². The van der Waals surface area contributed by atoms with E-state index in [4.69, 9.17) is 4.74 Å². The van der Waals surface area contributed by atoms with Gasteiger partial charge in [-0.1, -0.05) is 0 Å². The lowest BCUT2D eigenvalue weighted by molar-refractivity contribution is 0.00644. The summed E-state index contributed by atoms with van der Waals surface area (Å²) in [5, 5.41) is 0. The molecule has 0 fully saturated rings.